The van der Waals surface area contributed by atoms with Gasteiger partial charge < -0.3 is 24.7 Å². The second-order valence-electron chi connectivity index (χ2n) is 7.37. The monoisotopic (exact) mass is 433 g/mol. The van der Waals surface area contributed by atoms with Crippen molar-refractivity contribution in [3.63, 3.8) is 0 Å². The third-order valence-corrected chi connectivity index (χ3v) is 5.06. The van der Waals surface area contributed by atoms with Crippen molar-refractivity contribution in [1.29, 1.82) is 0 Å². The van der Waals surface area contributed by atoms with E-state index >= 15 is 0 Å². The first-order valence-electron chi connectivity index (χ1n) is 10.4. The van der Waals surface area contributed by atoms with Crippen molar-refractivity contribution < 1.29 is 23.5 Å². The maximum Gasteiger partial charge on any atom is 0.291 e. The Bertz CT molecular complexity index is 1090. The van der Waals surface area contributed by atoms with Crippen LogP contribution in [0.5, 0.6) is 5.75 Å². The molecule has 2 aromatic carbocycles. The Morgan fingerprint density at radius 3 is 2.34 bits per heavy atom. The molecular formula is C24H23N3O5. The highest BCUT2D eigenvalue weighted by Gasteiger charge is 2.18. The van der Waals surface area contributed by atoms with Gasteiger partial charge in [0.15, 0.2) is 12.4 Å². The van der Waals surface area contributed by atoms with Gasteiger partial charge in [-0.05, 0) is 61.4 Å². The summed E-state index contributed by atoms with van der Waals surface area (Å²) in [5, 5.41) is 5.51. The van der Waals surface area contributed by atoms with E-state index in [1.165, 1.54) is 6.26 Å². The number of nitrogens with one attached hydrogen (secondary N) is 2. The lowest BCUT2D eigenvalue weighted by Gasteiger charge is -2.15. The molecule has 0 saturated carbocycles. The van der Waals surface area contributed by atoms with E-state index in [4.69, 9.17) is 9.15 Å². The van der Waals surface area contributed by atoms with Crippen molar-refractivity contribution in [1.82, 2.24) is 4.90 Å². The average molecular weight is 433 g/mol. The molecule has 2 heterocycles. The number of rotatable bonds is 7. The summed E-state index contributed by atoms with van der Waals surface area (Å²) in [5.74, 6) is 0.00461. The van der Waals surface area contributed by atoms with E-state index in [0.717, 1.165) is 25.9 Å². The molecule has 32 heavy (non-hydrogen) atoms. The first kappa shape index (κ1) is 21.2. The van der Waals surface area contributed by atoms with Gasteiger partial charge in [-0.2, -0.15) is 0 Å². The topological polar surface area (TPSA) is 101 Å². The molecule has 1 aromatic heterocycles. The number of carbonyl (C=O) groups excluding carboxylic acids is 3. The van der Waals surface area contributed by atoms with Crippen molar-refractivity contribution in [2.45, 2.75) is 12.8 Å². The van der Waals surface area contributed by atoms with Gasteiger partial charge in [0.05, 0.1) is 6.26 Å². The molecule has 0 unspecified atom stereocenters. The Kier molecular flexibility index (Phi) is 6.50. The van der Waals surface area contributed by atoms with Crippen molar-refractivity contribution >= 4 is 29.1 Å². The lowest BCUT2D eigenvalue weighted by atomic mass is 10.2. The summed E-state index contributed by atoms with van der Waals surface area (Å²) in [7, 11) is 0. The first-order chi connectivity index (χ1) is 15.6. The van der Waals surface area contributed by atoms with E-state index in [0.29, 0.717) is 22.7 Å². The Hall–Kier alpha value is -4.07. The van der Waals surface area contributed by atoms with Crippen LogP contribution in [0.4, 0.5) is 11.4 Å². The van der Waals surface area contributed by atoms with E-state index in [2.05, 4.69) is 10.6 Å². The molecule has 0 bridgehead atoms. The number of furan rings is 1. The molecule has 0 radical (unpaired) electrons. The van der Waals surface area contributed by atoms with Crippen molar-refractivity contribution in [2.75, 3.05) is 30.3 Å². The number of anilines is 2. The van der Waals surface area contributed by atoms with E-state index in [1.807, 2.05) is 0 Å². The predicted octanol–water partition coefficient (Wildman–Crippen LogP) is 3.79. The van der Waals surface area contributed by atoms with E-state index in [1.54, 1.807) is 65.6 Å². The molecule has 1 aliphatic rings. The minimum Gasteiger partial charge on any atom is -0.484 e. The van der Waals surface area contributed by atoms with Crippen LogP contribution in [-0.4, -0.2) is 42.3 Å². The van der Waals surface area contributed by atoms with Gasteiger partial charge >= 0.3 is 0 Å². The van der Waals surface area contributed by atoms with Crippen LogP contribution in [0.3, 0.4) is 0 Å². The molecule has 8 nitrogen and oxygen atoms in total. The first-order valence-corrected chi connectivity index (χ1v) is 10.4. The number of benzene rings is 2. The molecule has 8 heteroatoms. The highest BCUT2D eigenvalue weighted by Crippen LogP contribution is 2.19. The molecule has 3 amide bonds. The fourth-order valence-electron chi connectivity index (χ4n) is 3.38. The van der Waals surface area contributed by atoms with Gasteiger partial charge in [-0.25, -0.2) is 0 Å². The van der Waals surface area contributed by atoms with Gasteiger partial charge in [-0.1, -0.05) is 6.07 Å². The summed E-state index contributed by atoms with van der Waals surface area (Å²) in [5.41, 5.74) is 1.52. The quantitative estimate of drug-likeness (QED) is 0.591. The Morgan fingerprint density at radius 2 is 1.62 bits per heavy atom. The minimum absolute atomic E-state index is 0.0252. The summed E-state index contributed by atoms with van der Waals surface area (Å²) < 4.78 is 10.7. The molecule has 1 saturated heterocycles. The minimum atomic E-state index is -0.368. The Balaban J connectivity index is 1.31. The van der Waals surface area contributed by atoms with Crippen LogP contribution in [0.15, 0.2) is 71.3 Å². The fourth-order valence-corrected chi connectivity index (χ4v) is 3.38. The van der Waals surface area contributed by atoms with Gasteiger partial charge in [0.25, 0.3) is 17.7 Å². The summed E-state index contributed by atoms with van der Waals surface area (Å²) in [6, 6.07) is 16.6. The SMILES string of the molecule is O=C(Nc1cccc(OCC(=O)N2CCCC2)c1)c1ccc(NC(=O)c2ccco2)cc1. The van der Waals surface area contributed by atoms with E-state index in [-0.39, 0.29) is 30.1 Å². The number of carbonyl (C=O) groups is 3. The third-order valence-electron chi connectivity index (χ3n) is 5.06. The molecule has 4 rings (SSSR count). The molecule has 0 aliphatic carbocycles. The normalized spacial score (nSPS) is 12.9. The maximum atomic E-state index is 12.6. The number of hydrogen-bond acceptors (Lipinski definition) is 5. The molecule has 0 atom stereocenters. The van der Waals surface area contributed by atoms with Crippen molar-refractivity contribution in [3.05, 3.63) is 78.3 Å². The molecule has 3 aromatic rings. The van der Waals surface area contributed by atoms with Crippen LogP contribution in [0.25, 0.3) is 0 Å². The fraction of sp³-hybridized carbons (Fsp3) is 0.208. The number of likely N-dealkylation sites (tertiary alicyclic amines) is 1. The number of nitrogens with zero attached hydrogens (tertiary/aromatic N) is 1. The van der Waals surface area contributed by atoms with E-state index in [9.17, 15) is 14.4 Å². The summed E-state index contributed by atoms with van der Waals surface area (Å²) in [4.78, 5) is 38.5. The largest absolute Gasteiger partial charge is 0.484 e. The standard InChI is InChI=1S/C24H23N3O5/c28-22(27-12-1-2-13-27)16-32-20-6-3-5-19(15-20)26-23(29)17-8-10-18(11-9-17)25-24(30)21-7-4-14-31-21/h3-11,14-15H,1-2,12-13,16H2,(H,25,30)(H,26,29). The van der Waals surface area contributed by atoms with E-state index < -0.39 is 0 Å². The summed E-state index contributed by atoms with van der Waals surface area (Å²) >= 11 is 0. The van der Waals surface area contributed by atoms with Gasteiger partial charge in [0, 0.05) is 36.1 Å². The predicted molar refractivity (Wildman–Crippen MR) is 119 cm³/mol. The third kappa shape index (κ3) is 5.34. The van der Waals surface area contributed by atoms with Crippen LogP contribution in [0, 0.1) is 0 Å². The zero-order valence-corrected chi connectivity index (χ0v) is 17.4. The van der Waals surface area contributed by atoms with Crippen LogP contribution >= 0.6 is 0 Å². The lowest BCUT2D eigenvalue weighted by Crippen LogP contribution is -2.32. The van der Waals surface area contributed by atoms with Crippen LogP contribution in [0.1, 0.15) is 33.8 Å². The second kappa shape index (κ2) is 9.82. The van der Waals surface area contributed by atoms with Gasteiger partial charge in [-0.15, -0.1) is 0 Å². The molecule has 0 spiro atoms. The van der Waals surface area contributed by atoms with Crippen molar-refractivity contribution in [2.24, 2.45) is 0 Å². The Labute approximate surface area is 185 Å². The highest BCUT2D eigenvalue weighted by molar-refractivity contribution is 6.05. The van der Waals surface area contributed by atoms with Gasteiger partial charge in [-0.3, -0.25) is 14.4 Å². The smallest absolute Gasteiger partial charge is 0.291 e. The summed E-state index contributed by atoms with van der Waals surface area (Å²) in [6.07, 6.45) is 3.49. The van der Waals surface area contributed by atoms with Gasteiger partial charge in [0.1, 0.15) is 5.75 Å². The summed E-state index contributed by atoms with van der Waals surface area (Å²) in [6.45, 7) is 1.54. The number of ether oxygens (including phenoxy) is 1. The zero-order chi connectivity index (χ0) is 22.3. The van der Waals surface area contributed by atoms with Crippen LogP contribution in [0.2, 0.25) is 0 Å². The second-order valence-corrected chi connectivity index (χ2v) is 7.37. The number of amides is 3. The molecule has 2 N–H and O–H groups in total. The Morgan fingerprint density at radius 1 is 0.875 bits per heavy atom. The zero-order valence-electron chi connectivity index (χ0n) is 17.4. The van der Waals surface area contributed by atoms with Gasteiger partial charge in [0.2, 0.25) is 0 Å². The highest BCUT2D eigenvalue weighted by atomic mass is 16.5. The molecule has 164 valence electrons. The lowest BCUT2D eigenvalue weighted by molar-refractivity contribution is -0.132. The van der Waals surface area contributed by atoms with Crippen LogP contribution < -0.4 is 15.4 Å². The van der Waals surface area contributed by atoms with Crippen molar-refractivity contribution in [3.8, 4) is 5.75 Å². The molecular weight excluding hydrogens is 410 g/mol. The molecule has 1 aliphatic heterocycles. The van der Waals surface area contributed by atoms with Crippen LogP contribution in [-0.2, 0) is 4.79 Å². The molecule has 1 fully saturated rings. The number of hydrogen-bond donors (Lipinski definition) is 2. The maximum absolute atomic E-state index is 12.6. The average Bonchev–Trinajstić information content (AvgIpc) is 3.53.